The monoisotopic (exact) mass is 325 g/mol. The summed E-state index contributed by atoms with van der Waals surface area (Å²) in [7, 11) is 0. The van der Waals surface area contributed by atoms with Crippen LogP contribution in [0.5, 0.6) is 0 Å². The minimum Gasteiger partial charge on any atom is -0.480 e. The van der Waals surface area contributed by atoms with Crippen molar-refractivity contribution in [1.82, 2.24) is 5.32 Å². The Kier molecular flexibility index (Phi) is 8.19. The van der Waals surface area contributed by atoms with Crippen LogP contribution in [0.15, 0.2) is 4.99 Å². The molecule has 0 radical (unpaired) electrons. The number of aliphatic carboxylic acids is 2. The van der Waals surface area contributed by atoms with Crippen molar-refractivity contribution >= 4 is 47.1 Å². The van der Waals surface area contributed by atoms with Crippen molar-refractivity contribution in [1.29, 1.82) is 0 Å². The van der Waals surface area contributed by atoms with Crippen molar-refractivity contribution in [3.63, 3.8) is 0 Å². The highest BCUT2D eigenvalue weighted by molar-refractivity contribution is 8.14. The lowest BCUT2D eigenvalue weighted by atomic mass is 10.2. The zero-order valence-electron chi connectivity index (χ0n) is 10.4. The molecule has 10 heteroatoms. The topological polar surface area (TPSA) is 142 Å². The molecule has 8 nitrogen and oxygen atoms in total. The van der Waals surface area contributed by atoms with E-state index >= 15 is 0 Å². The van der Waals surface area contributed by atoms with Gasteiger partial charge in [-0.25, -0.2) is 0 Å². The molecule has 0 saturated carbocycles. The van der Waals surface area contributed by atoms with E-state index in [9.17, 15) is 14.4 Å². The van der Waals surface area contributed by atoms with E-state index in [4.69, 9.17) is 15.9 Å². The van der Waals surface area contributed by atoms with Crippen molar-refractivity contribution in [2.24, 2.45) is 10.7 Å². The summed E-state index contributed by atoms with van der Waals surface area (Å²) in [4.78, 5) is 36.5. The van der Waals surface area contributed by atoms with Gasteiger partial charge in [0.15, 0.2) is 0 Å². The molecular formula is C10H16ClN3O5S. The summed E-state index contributed by atoms with van der Waals surface area (Å²) in [5.74, 6) is -2.19. The SMILES string of the molecule is Cl.NC(CCC1=NC(C(=O)NCC(=O)O)CS1)C(=O)O. The molecule has 0 spiro atoms. The largest absolute Gasteiger partial charge is 0.480 e. The molecule has 0 fully saturated rings. The van der Waals surface area contributed by atoms with Crippen LogP contribution in [0.3, 0.4) is 0 Å². The molecule has 114 valence electrons. The number of amides is 1. The Bertz CT molecular complexity index is 418. The molecule has 1 heterocycles. The molecule has 0 aromatic heterocycles. The number of nitrogens with one attached hydrogen (secondary N) is 1. The van der Waals surface area contributed by atoms with Crippen molar-refractivity contribution in [3.8, 4) is 0 Å². The van der Waals surface area contributed by atoms with Crippen molar-refractivity contribution < 1.29 is 24.6 Å². The van der Waals surface area contributed by atoms with E-state index in [-0.39, 0.29) is 18.8 Å². The van der Waals surface area contributed by atoms with Crippen molar-refractivity contribution in [3.05, 3.63) is 0 Å². The predicted molar refractivity (Wildman–Crippen MR) is 76.4 cm³/mol. The third-order valence-electron chi connectivity index (χ3n) is 2.41. The Labute approximate surface area is 125 Å². The first-order chi connectivity index (χ1) is 8.90. The average Bonchev–Trinajstić information content (AvgIpc) is 2.81. The standard InChI is InChI=1S/C10H15N3O5S.ClH/c11-5(10(17)18)1-2-7-13-6(4-19-7)9(16)12-3-8(14)15;/h5-6H,1-4,11H2,(H,12,16)(H,14,15)(H,17,18);1H. The number of thioether (sulfide) groups is 1. The number of carboxylic acid groups (broad SMARTS) is 2. The summed E-state index contributed by atoms with van der Waals surface area (Å²) in [6.07, 6.45) is 0.658. The minimum atomic E-state index is -1.12. The van der Waals surface area contributed by atoms with E-state index in [1.807, 2.05) is 0 Å². The van der Waals surface area contributed by atoms with Crippen LogP contribution in [-0.2, 0) is 14.4 Å². The van der Waals surface area contributed by atoms with Gasteiger partial charge in [0.1, 0.15) is 18.6 Å². The second-order valence-corrected chi connectivity index (χ2v) is 5.04. The maximum absolute atomic E-state index is 11.5. The Hall–Kier alpha value is -1.32. The molecular weight excluding hydrogens is 310 g/mol. The van der Waals surface area contributed by atoms with Gasteiger partial charge in [-0.1, -0.05) is 0 Å². The molecule has 0 aromatic carbocycles. The Morgan fingerprint density at radius 3 is 2.65 bits per heavy atom. The maximum Gasteiger partial charge on any atom is 0.322 e. The van der Waals surface area contributed by atoms with Gasteiger partial charge in [-0.15, -0.1) is 24.2 Å². The summed E-state index contributed by atoms with van der Waals surface area (Å²) in [6.45, 7) is -0.436. The highest BCUT2D eigenvalue weighted by Gasteiger charge is 2.25. The number of rotatable bonds is 7. The lowest BCUT2D eigenvalue weighted by Gasteiger charge is -2.05. The van der Waals surface area contributed by atoms with Crippen LogP contribution in [0.25, 0.3) is 0 Å². The summed E-state index contributed by atoms with van der Waals surface area (Å²) < 4.78 is 0. The van der Waals surface area contributed by atoms with E-state index in [0.717, 1.165) is 0 Å². The number of aliphatic imine (C=N–C) groups is 1. The van der Waals surface area contributed by atoms with E-state index in [0.29, 0.717) is 17.2 Å². The first-order valence-electron chi connectivity index (χ1n) is 5.57. The van der Waals surface area contributed by atoms with Gasteiger partial charge in [-0.2, -0.15) is 0 Å². The van der Waals surface area contributed by atoms with E-state index in [1.54, 1.807) is 0 Å². The zero-order valence-corrected chi connectivity index (χ0v) is 12.1. The van der Waals surface area contributed by atoms with E-state index < -0.39 is 36.5 Å². The van der Waals surface area contributed by atoms with E-state index in [2.05, 4.69) is 10.3 Å². The van der Waals surface area contributed by atoms with Crippen LogP contribution in [0, 0.1) is 0 Å². The smallest absolute Gasteiger partial charge is 0.322 e. The molecule has 1 aliphatic heterocycles. The van der Waals surface area contributed by atoms with Crippen molar-refractivity contribution in [2.75, 3.05) is 12.3 Å². The number of carbonyl (C=O) groups is 3. The lowest BCUT2D eigenvalue weighted by molar-refractivity contribution is -0.139. The summed E-state index contributed by atoms with van der Waals surface area (Å²) in [5, 5.41) is 20.0. The zero-order chi connectivity index (χ0) is 14.4. The highest BCUT2D eigenvalue weighted by Crippen LogP contribution is 2.21. The van der Waals surface area contributed by atoms with Gasteiger partial charge < -0.3 is 21.3 Å². The molecule has 0 aromatic rings. The van der Waals surface area contributed by atoms with Gasteiger partial charge in [-0.05, 0) is 12.8 Å². The maximum atomic E-state index is 11.5. The number of hydrogen-bond donors (Lipinski definition) is 4. The molecule has 20 heavy (non-hydrogen) atoms. The van der Waals surface area contributed by atoms with Gasteiger partial charge in [0.25, 0.3) is 0 Å². The first kappa shape index (κ1) is 18.7. The number of hydrogen-bond acceptors (Lipinski definition) is 6. The third kappa shape index (κ3) is 6.22. The molecule has 1 amide bonds. The fourth-order valence-corrected chi connectivity index (χ4v) is 2.42. The quantitative estimate of drug-likeness (QED) is 0.485. The summed E-state index contributed by atoms with van der Waals surface area (Å²) in [5.41, 5.74) is 5.36. The fraction of sp³-hybridized carbons (Fsp3) is 0.600. The molecule has 1 rings (SSSR count). The Morgan fingerprint density at radius 1 is 1.45 bits per heavy atom. The lowest BCUT2D eigenvalue weighted by Crippen LogP contribution is -2.37. The second kappa shape index (κ2) is 8.77. The van der Waals surface area contributed by atoms with Crippen LogP contribution in [0.2, 0.25) is 0 Å². The van der Waals surface area contributed by atoms with Crippen LogP contribution in [0.4, 0.5) is 0 Å². The number of carboxylic acids is 2. The number of nitrogens with two attached hydrogens (primary N) is 1. The molecule has 2 unspecified atom stereocenters. The van der Waals surface area contributed by atoms with Gasteiger partial charge in [-0.3, -0.25) is 19.4 Å². The molecule has 0 aliphatic carbocycles. The number of carbonyl (C=O) groups excluding carboxylic acids is 1. The number of halogens is 1. The first-order valence-corrected chi connectivity index (χ1v) is 6.56. The molecule has 5 N–H and O–H groups in total. The van der Waals surface area contributed by atoms with Crippen molar-refractivity contribution in [2.45, 2.75) is 24.9 Å². The van der Waals surface area contributed by atoms with Crippen LogP contribution < -0.4 is 11.1 Å². The van der Waals surface area contributed by atoms with Crippen LogP contribution in [-0.4, -0.2) is 57.5 Å². The third-order valence-corrected chi connectivity index (χ3v) is 3.54. The Morgan fingerprint density at radius 2 is 2.10 bits per heavy atom. The fourth-order valence-electron chi connectivity index (χ4n) is 1.38. The molecule has 1 aliphatic rings. The average molecular weight is 326 g/mol. The van der Waals surface area contributed by atoms with Gasteiger partial charge in [0.05, 0.1) is 5.04 Å². The highest BCUT2D eigenvalue weighted by atomic mass is 35.5. The van der Waals surface area contributed by atoms with Gasteiger partial charge in [0.2, 0.25) is 5.91 Å². The molecule has 0 saturated heterocycles. The second-order valence-electron chi connectivity index (χ2n) is 3.94. The normalized spacial score (nSPS) is 18.6. The van der Waals surface area contributed by atoms with Crippen LogP contribution >= 0.6 is 24.2 Å². The summed E-state index contributed by atoms with van der Waals surface area (Å²) >= 11 is 1.36. The van der Waals surface area contributed by atoms with E-state index in [1.165, 1.54) is 11.8 Å². The minimum absolute atomic E-state index is 0. The molecule has 0 bridgehead atoms. The summed E-state index contributed by atoms with van der Waals surface area (Å²) in [6, 6.07) is -1.55. The number of nitrogens with zero attached hydrogens (tertiary/aromatic N) is 1. The predicted octanol–water partition coefficient (Wildman–Crippen LogP) is -0.685. The van der Waals surface area contributed by atoms with Crippen LogP contribution in [0.1, 0.15) is 12.8 Å². The molecule has 2 atom stereocenters. The van der Waals surface area contributed by atoms with Gasteiger partial charge in [0, 0.05) is 5.75 Å². The van der Waals surface area contributed by atoms with Gasteiger partial charge >= 0.3 is 11.9 Å². The Balaban J connectivity index is 0.00000361.